The van der Waals surface area contributed by atoms with Crippen molar-refractivity contribution < 1.29 is 19.1 Å². The van der Waals surface area contributed by atoms with Crippen molar-refractivity contribution in [3.8, 4) is 0 Å². The Morgan fingerprint density at radius 3 is 2.85 bits per heavy atom. The molecule has 6 nitrogen and oxygen atoms in total. The zero-order valence-corrected chi connectivity index (χ0v) is 12.5. The van der Waals surface area contributed by atoms with E-state index in [1.165, 1.54) is 0 Å². The molecule has 2 amide bonds. The van der Waals surface area contributed by atoms with Gasteiger partial charge in [0, 0.05) is 20.1 Å². The second kappa shape index (κ2) is 6.10. The molecule has 2 fully saturated rings. The topological polar surface area (TPSA) is 67.9 Å². The van der Waals surface area contributed by atoms with Crippen molar-refractivity contribution in [2.24, 2.45) is 5.92 Å². The van der Waals surface area contributed by atoms with Crippen molar-refractivity contribution in [1.82, 2.24) is 10.2 Å². The van der Waals surface area contributed by atoms with Crippen molar-refractivity contribution in [1.29, 1.82) is 0 Å². The van der Waals surface area contributed by atoms with Crippen LogP contribution in [0.3, 0.4) is 0 Å². The SMILES string of the molecule is CCC(C)C1NC(=O)CN(CC2(OC)CCOC2)C1=O. The quantitative estimate of drug-likeness (QED) is 0.781. The molecule has 0 aromatic rings. The van der Waals surface area contributed by atoms with Crippen molar-refractivity contribution in [3.05, 3.63) is 0 Å². The van der Waals surface area contributed by atoms with E-state index in [1.54, 1.807) is 12.0 Å². The minimum absolute atomic E-state index is 0.0118. The van der Waals surface area contributed by atoms with E-state index in [2.05, 4.69) is 5.32 Å². The van der Waals surface area contributed by atoms with Gasteiger partial charge in [-0.2, -0.15) is 0 Å². The Morgan fingerprint density at radius 1 is 1.55 bits per heavy atom. The van der Waals surface area contributed by atoms with E-state index in [4.69, 9.17) is 9.47 Å². The van der Waals surface area contributed by atoms with Crippen molar-refractivity contribution in [2.45, 2.75) is 38.3 Å². The van der Waals surface area contributed by atoms with Crippen molar-refractivity contribution in [2.75, 3.05) is 33.4 Å². The number of carbonyl (C=O) groups excluding carboxylic acids is 2. The number of hydrogen-bond donors (Lipinski definition) is 1. The largest absolute Gasteiger partial charge is 0.378 e. The summed E-state index contributed by atoms with van der Waals surface area (Å²) in [6.07, 6.45) is 1.60. The molecule has 1 N–H and O–H groups in total. The number of piperazine rings is 1. The van der Waals surface area contributed by atoms with Gasteiger partial charge < -0.3 is 19.7 Å². The number of nitrogens with zero attached hydrogens (tertiary/aromatic N) is 1. The second-order valence-electron chi connectivity index (χ2n) is 5.81. The molecule has 0 aromatic heterocycles. The predicted molar refractivity (Wildman–Crippen MR) is 73.1 cm³/mol. The van der Waals surface area contributed by atoms with Gasteiger partial charge in [-0.1, -0.05) is 20.3 Å². The highest BCUT2D eigenvalue weighted by atomic mass is 16.5. The Balaban J connectivity index is 2.10. The van der Waals surface area contributed by atoms with Crippen LogP contribution in [0.1, 0.15) is 26.7 Å². The number of hydrogen-bond acceptors (Lipinski definition) is 4. The number of amides is 2. The number of nitrogens with one attached hydrogen (secondary N) is 1. The van der Waals surface area contributed by atoms with Gasteiger partial charge in [0.2, 0.25) is 11.8 Å². The van der Waals surface area contributed by atoms with Gasteiger partial charge in [-0.15, -0.1) is 0 Å². The van der Waals surface area contributed by atoms with E-state index in [1.807, 2.05) is 13.8 Å². The highest BCUT2D eigenvalue weighted by molar-refractivity contribution is 5.95. The maximum atomic E-state index is 12.5. The molecule has 6 heteroatoms. The molecule has 0 aromatic carbocycles. The van der Waals surface area contributed by atoms with E-state index >= 15 is 0 Å². The van der Waals surface area contributed by atoms with Crippen molar-refractivity contribution in [3.63, 3.8) is 0 Å². The molecule has 0 saturated carbocycles. The second-order valence-corrected chi connectivity index (χ2v) is 5.81. The molecule has 3 unspecified atom stereocenters. The first kappa shape index (κ1) is 15.3. The number of methoxy groups -OCH3 is 1. The summed E-state index contributed by atoms with van der Waals surface area (Å²) in [6.45, 7) is 5.64. The standard InChI is InChI=1S/C14H24N2O4/c1-4-10(2)12-13(18)16(7-11(17)15-12)8-14(19-3)5-6-20-9-14/h10,12H,4-9H2,1-3H3,(H,15,17). The Labute approximate surface area is 119 Å². The maximum Gasteiger partial charge on any atom is 0.245 e. The molecule has 2 heterocycles. The summed E-state index contributed by atoms with van der Waals surface area (Å²) in [6, 6.07) is -0.419. The number of ether oxygens (including phenoxy) is 2. The highest BCUT2D eigenvalue weighted by Gasteiger charge is 2.42. The third-order valence-electron chi connectivity index (χ3n) is 4.42. The Kier molecular flexibility index (Phi) is 4.65. The van der Waals surface area contributed by atoms with E-state index in [0.29, 0.717) is 19.8 Å². The van der Waals surface area contributed by atoms with E-state index in [9.17, 15) is 9.59 Å². The van der Waals surface area contributed by atoms with Gasteiger partial charge in [-0.05, 0) is 5.92 Å². The molecular weight excluding hydrogens is 260 g/mol. The van der Waals surface area contributed by atoms with Crippen molar-refractivity contribution >= 4 is 11.8 Å². The zero-order valence-electron chi connectivity index (χ0n) is 12.5. The van der Waals surface area contributed by atoms with Crippen LogP contribution in [0, 0.1) is 5.92 Å². The van der Waals surface area contributed by atoms with Gasteiger partial charge in [0.25, 0.3) is 0 Å². The monoisotopic (exact) mass is 284 g/mol. The van der Waals surface area contributed by atoms with Crippen LogP contribution in [-0.4, -0.2) is 61.8 Å². The normalized spacial score (nSPS) is 32.4. The van der Waals surface area contributed by atoms with Gasteiger partial charge in [0.1, 0.15) is 11.6 Å². The molecule has 0 aliphatic carbocycles. The lowest BCUT2D eigenvalue weighted by atomic mass is 9.94. The van der Waals surface area contributed by atoms with Gasteiger partial charge in [-0.25, -0.2) is 0 Å². The molecule has 2 rings (SSSR count). The summed E-state index contributed by atoms with van der Waals surface area (Å²) in [5.74, 6) is 0.0231. The summed E-state index contributed by atoms with van der Waals surface area (Å²) < 4.78 is 10.9. The molecule has 0 radical (unpaired) electrons. The minimum Gasteiger partial charge on any atom is -0.378 e. The fourth-order valence-electron chi connectivity index (χ4n) is 2.77. The Bertz CT molecular complexity index is 379. The summed E-state index contributed by atoms with van der Waals surface area (Å²) >= 11 is 0. The molecule has 2 saturated heterocycles. The predicted octanol–water partition coefficient (Wildman–Crippen LogP) is 0.165. The lowest BCUT2D eigenvalue weighted by Gasteiger charge is -2.39. The molecule has 0 bridgehead atoms. The van der Waals surface area contributed by atoms with Crippen LogP contribution in [0.2, 0.25) is 0 Å². The first-order valence-corrected chi connectivity index (χ1v) is 7.22. The third-order valence-corrected chi connectivity index (χ3v) is 4.42. The summed E-state index contributed by atoms with van der Waals surface area (Å²) in [4.78, 5) is 26.0. The Hall–Kier alpha value is -1.14. The van der Waals surface area contributed by atoms with E-state index in [0.717, 1.165) is 12.8 Å². The number of carbonyl (C=O) groups is 2. The first-order valence-electron chi connectivity index (χ1n) is 7.22. The molecule has 2 aliphatic heterocycles. The van der Waals surface area contributed by atoms with Crippen LogP contribution in [0.25, 0.3) is 0 Å². The van der Waals surface area contributed by atoms with Gasteiger partial charge in [0.05, 0.1) is 19.7 Å². The van der Waals surface area contributed by atoms with Crippen LogP contribution in [0.15, 0.2) is 0 Å². The smallest absolute Gasteiger partial charge is 0.245 e. The highest BCUT2D eigenvalue weighted by Crippen LogP contribution is 2.25. The third kappa shape index (κ3) is 2.96. The molecule has 2 aliphatic rings. The van der Waals surface area contributed by atoms with Crippen LogP contribution in [-0.2, 0) is 19.1 Å². The fraction of sp³-hybridized carbons (Fsp3) is 0.857. The first-order chi connectivity index (χ1) is 9.51. The zero-order chi connectivity index (χ0) is 14.8. The number of rotatable bonds is 5. The lowest BCUT2D eigenvalue weighted by molar-refractivity contribution is -0.150. The average molecular weight is 284 g/mol. The van der Waals surface area contributed by atoms with Gasteiger partial charge >= 0.3 is 0 Å². The molecule has 3 atom stereocenters. The lowest BCUT2D eigenvalue weighted by Crippen LogP contribution is -2.62. The van der Waals surface area contributed by atoms with Gasteiger partial charge in [0.15, 0.2) is 0 Å². The summed E-state index contributed by atoms with van der Waals surface area (Å²) in [7, 11) is 1.63. The fourth-order valence-corrected chi connectivity index (χ4v) is 2.77. The molecule has 0 spiro atoms. The molecule has 20 heavy (non-hydrogen) atoms. The maximum absolute atomic E-state index is 12.5. The van der Waals surface area contributed by atoms with Crippen LogP contribution in [0.5, 0.6) is 0 Å². The minimum atomic E-state index is -0.465. The van der Waals surface area contributed by atoms with Crippen LogP contribution >= 0.6 is 0 Å². The van der Waals surface area contributed by atoms with Crippen LogP contribution < -0.4 is 5.32 Å². The molecule has 114 valence electrons. The summed E-state index contributed by atoms with van der Waals surface area (Å²) in [5.41, 5.74) is -0.465. The average Bonchev–Trinajstić information content (AvgIpc) is 2.90. The molecular formula is C14H24N2O4. The van der Waals surface area contributed by atoms with E-state index in [-0.39, 0.29) is 24.3 Å². The Morgan fingerprint density at radius 2 is 2.30 bits per heavy atom. The van der Waals surface area contributed by atoms with E-state index < -0.39 is 11.6 Å². The van der Waals surface area contributed by atoms with Gasteiger partial charge in [-0.3, -0.25) is 9.59 Å². The van der Waals surface area contributed by atoms with Crippen LogP contribution in [0.4, 0.5) is 0 Å². The summed E-state index contributed by atoms with van der Waals surface area (Å²) in [5, 5.41) is 2.80.